The van der Waals surface area contributed by atoms with E-state index in [-0.39, 0.29) is 29.6 Å². The van der Waals surface area contributed by atoms with Gasteiger partial charge in [0.25, 0.3) is 5.91 Å². The quantitative estimate of drug-likeness (QED) is 0.833. The number of hydrogen-bond acceptors (Lipinski definition) is 4. The van der Waals surface area contributed by atoms with Crippen LogP contribution in [0.1, 0.15) is 36.0 Å². The van der Waals surface area contributed by atoms with Crippen LogP contribution in [-0.4, -0.2) is 48.7 Å². The minimum Gasteiger partial charge on any atom is -0.467 e. The summed E-state index contributed by atoms with van der Waals surface area (Å²) in [6, 6.07) is 7.42. The number of fused-ring (bicyclic) bond motifs is 3. The van der Waals surface area contributed by atoms with Crippen LogP contribution < -0.4 is 10.1 Å². The summed E-state index contributed by atoms with van der Waals surface area (Å²) in [6.45, 7) is 2.65. The maximum Gasteiger partial charge on any atom is 0.258 e. The summed E-state index contributed by atoms with van der Waals surface area (Å²) >= 11 is 0. The average Bonchev–Trinajstić information content (AvgIpc) is 2.68. The molecule has 0 radical (unpaired) electrons. The first-order valence-electron chi connectivity index (χ1n) is 9.63. The lowest BCUT2D eigenvalue weighted by Crippen LogP contribution is -2.67. The number of para-hydroxylation sites is 1. The normalized spacial score (nSPS) is 35.6. The van der Waals surface area contributed by atoms with Gasteiger partial charge in [0.2, 0.25) is 5.91 Å². The van der Waals surface area contributed by atoms with E-state index in [0.717, 1.165) is 25.7 Å². The Morgan fingerprint density at radius 2 is 2.00 bits per heavy atom. The fourth-order valence-electron chi connectivity index (χ4n) is 5.28. The van der Waals surface area contributed by atoms with Crippen LogP contribution in [0.5, 0.6) is 5.75 Å². The highest BCUT2D eigenvalue weighted by molar-refractivity contribution is 5.98. The van der Waals surface area contributed by atoms with Gasteiger partial charge in [-0.05, 0) is 37.3 Å². The van der Waals surface area contributed by atoms with E-state index < -0.39 is 5.72 Å². The third-order valence-electron chi connectivity index (χ3n) is 6.61. The zero-order valence-corrected chi connectivity index (χ0v) is 14.8. The molecule has 1 spiro atoms. The molecule has 5 aliphatic rings. The number of amides is 2. The van der Waals surface area contributed by atoms with E-state index in [9.17, 15) is 9.59 Å². The van der Waals surface area contributed by atoms with Crippen molar-refractivity contribution in [1.29, 1.82) is 0 Å². The van der Waals surface area contributed by atoms with Crippen LogP contribution in [0.25, 0.3) is 0 Å². The van der Waals surface area contributed by atoms with Crippen molar-refractivity contribution in [3.05, 3.63) is 29.8 Å². The summed E-state index contributed by atoms with van der Waals surface area (Å²) < 4.78 is 11.7. The Labute approximate surface area is 152 Å². The predicted octanol–water partition coefficient (Wildman–Crippen LogP) is 1.80. The van der Waals surface area contributed by atoms with Gasteiger partial charge in [-0.1, -0.05) is 12.1 Å². The molecule has 1 saturated heterocycles. The van der Waals surface area contributed by atoms with Gasteiger partial charge in [-0.2, -0.15) is 0 Å². The van der Waals surface area contributed by atoms with Gasteiger partial charge in [-0.3, -0.25) is 9.59 Å². The number of hydrogen-bond donors (Lipinski definition) is 1. The van der Waals surface area contributed by atoms with Gasteiger partial charge < -0.3 is 19.7 Å². The van der Waals surface area contributed by atoms with E-state index in [1.807, 2.05) is 23.1 Å². The first-order chi connectivity index (χ1) is 12.7. The van der Waals surface area contributed by atoms with Gasteiger partial charge >= 0.3 is 0 Å². The van der Waals surface area contributed by atoms with Crippen LogP contribution in [0.3, 0.4) is 0 Å². The second-order valence-corrected chi connectivity index (χ2v) is 7.96. The van der Waals surface area contributed by atoms with E-state index in [1.54, 1.807) is 6.07 Å². The van der Waals surface area contributed by atoms with Gasteiger partial charge in [0.1, 0.15) is 5.75 Å². The number of benzene rings is 1. The molecule has 4 atom stereocenters. The zero-order valence-electron chi connectivity index (χ0n) is 14.8. The largest absolute Gasteiger partial charge is 0.467 e. The Kier molecular flexibility index (Phi) is 3.71. The van der Waals surface area contributed by atoms with Crippen LogP contribution >= 0.6 is 0 Å². The number of nitrogens with one attached hydrogen (secondary N) is 1. The lowest BCUT2D eigenvalue weighted by atomic mass is 9.59. The molecule has 1 aromatic carbocycles. The van der Waals surface area contributed by atoms with Gasteiger partial charge in [0, 0.05) is 31.3 Å². The van der Waals surface area contributed by atoms with E-state index >= 15 is 0 Å². The fraction of sp³-hybridized carbons (Fsp3) is 0.600. The summed E-state index contributed by atoms with van der Waals surface area (Å²) in [6.07, 6.45) is 3.55. The van der Waals surface area contributed by atoms with E-state index in [0.29, 0.717) is 37.6 Å². The molecule has 138 valence electrons. The highest BCUT2D eigenvalue weighted by Crippen LogP contribution is 2.52. The molecule has 0 aromatic heterocycles. The molecule has 4 fully saturated rings. The zero-order chi connectivity index (χ0) is 17.7. The second-order valence-electron chi connectivity index (χ2n) is 7.96. The molecular formula is C20H24N2O4. The fourth-order valence-corrected chi connectivity index (χ4v) is 5.28. The molecule has 2 amide bonds. The Bertz CT molecular complexity index is 745. The third kappa shape index (κ3) is 2.42. The number of nitrogens with zero attached hydrogens (tertiary/aromatic N) is 1. The first kappa shape index (κ1) is 16.1. The molecule has 2 aliphatic heterocycles. The molecule has 1 N–H and O–H groups in total. The molecule has 3 aliphatic carbocycles. The SMILES string of the molecule is O=C1NC2(CC3CCC2CC3C(=O)N2CCOCC2)Oc2ccccc21. The number of ether oxygens (including phenoxy) is 2. The first-order valence-corrected chi connectivity index (χ1v) is 9.63. The Hall–Kier alpha value is -2.08. The van der Waals surface area contributed by atoms with E-state index in [1.165, 1.54) is 0 Å². The van der Waals surface area contributed by atoms with Crippen molar-refractivity contribution < 1.29 is 19.1 Å². The van der Waals surface area contributed by atoms with Crippen LogP contribution in [-0.2, 0) is 9.53 Å². The highest BCUT2D eigenvalue weighted by Gasteiger charge is 2.57. The van der Waals surface area contributed by atoms with Crippen LogP contribution in [0.4, 0.5) is 0 Å². The number of carbonyl (C=O) groups is 2. The van der Waals surface area contributed by atoms with Crippen molar-refractivity contribution >= 4 is 11.8 Å². The third-order valence-corrected chi connectivity index (χ3v) is 6.61. The monoisotopic (exact) mass is 356 g/mol. The van der Waals surface area contributed by atoms with Crippen molar-refractivity contribution in [2.24, 2.45) is 17.8 Å². The molecule has 6 heteroatoms. The summed E-state index contributed by atoms with van der Waals surface area (Å²) in [4.78, 5) is 27.6. The lowest BCUT2D eigenvalue weighted by molar-refractivity contribution is -0.158. The standard InChI is InChI=1S/C20H24N2O4/c23-18-15-3-1-2-4-17(15)26-20(21-18)12-13-5-6-14(20)11-16(13)19(24)22-7-9-25-10-8-22/h1-4,13-14,16H,5-12H2,(H,21,23). The predicted molar refractivity (Wildman–Crippen MR) is 93.6 cm³/mol. The molecule has 1 aromatic rings. The molecule has 3 saturated carbocycles. The molecule has 4 unspecified atom stereocenters. The van der Waals surface area contributed by atoms with Crippen LogP contribution in [0.15, 0.2) is 24.3 Å². The summed E-state index contributed by atoms with van der Waals surface area (Å²) in [7, 11) is 0. The summed E-state index contributed by atoms with van der Waals surface area (Å²) in [5.41, 5.74) is -0.0450. The molecule has 26 heavy (non-hydrogen) atoms. The Balaban J connectivity index is 1.38. The minimum absolute atomic E-state index is 0.0511. The van der Waals surface area contributed by atoms with Gasteiger partial charge in [0.15, 0.2) is 5.72 Å². The van der Waals surface area contributed by atoms with Crippen molar-refractivity contribution in [2.45, 2.75) is 31.4 Å². The molecule has 2 bridgehead atoms. The van der Waals surface area contributed by atoms with Crippen molar-refractivity contribution in [3.63, 3.8) is 0 Å². The summed E-state index contributed by atoms with van der Waals surface area (Å²) in [5.74, 6) is 1.37. The maximum absolute atomic E-state index is 13.0. The second kappa shape index (κ2) is 5.98. The Morgan fingerprint density at radius 3 is 2.77 bits per heavy atom. The summed E-state index contributed by atoms with van der Waals surface area (Å²) in [5, 5.41) is 3.15. The maximum atomic E-state index is 13.0. The minimum atomic E-state index is -0.643. The van der Waals surface area contributed by atoms with Crippen LogP contribution in [0.2, 0.25) is 0 Å². The molecular weight excluding hydrogens is 332 g/mol. The number of rotatable bonds is 1. The lowest BCUT2D eigenvalue weighted by Gasteiger charge is -2.55. The van der Waals surface area contributed by atoms with Gasteiger partial charge in [-0.15, -0.1) is 0 Å². The van der Waals surface area contributed by atoms with Crippen LogP contribution in [0, 0.1) is 17.8 Å². The smallest absolute Gasteiger partial charge is 0.258 e. The topological polar surface area (TPSA) is 67.9 Å². The van der Waals surface area contributed by atoms with Gasteiger partial charge in [-0.25, -0.2) is 0 Å². The molecule has 6 nitrogen and oxygen atoms in total. The Morgan fingerprint density at radius 1 is 1.19 bits per heavy atom. The number of carbonyl (C=O) groups excluding carboxylic acids is 2. The molecule has 6 rings (SSSR count). The van der Waals surface area contributed by atoms with E-state index in [4.69, 9.17) is 9.47 Å². The average molecular weight is 356 g/mol. The van der Waals surface area contributed by atoms with Gasteiger partial charge in [0.05, 0.1) is 18.8 Å². The van der Waals surface area contributed by atoms with Crippen molar-refractivity contribution in [1.82, 2.24) is 10.2 Å². The highest BCUT2D eigenvalue weighted by atomic mass is 16.5. The molecule has 2 heterocycles. The van der Waals surface area contributed by atoms with Crippen molar-refractivity contribution in [2.75, 3.05) is 26.3 Å². The van der Waals surface area contributed by atoms with Crippen molar-refractivity contribution in [3.8, 4) is 5.75 Å². The van der Waals surface area contributed by atoms with E-state index in [2.05, 4.69) is 5.32 Å². The number of morpholine rings is 1.